The molecule has 4 rings (SSSR count). The summed E-state index contributed by atoms with van der Waals surface area (Å²) in [5, 5.41) is 0. The van der Waals surface area contributed by atoms with Crippen LogP contribution in [0.3, 0.4) is 0 Å². The molecule has 0 amide bonds. The van der Waals surface area contributed by atoms with E-state index in [4.69, 9.17) is 0 Å². The molecule has 1 unspecified atom stereocenters. The molecule has 1 atom stereocenters. The van der Waals surface area contributed by atoms with Gasteiger partial charge in [0.25, 0.3) is 0 Å². The van der Waals surface area contributed by atoms with E-state index in [2.05, 4.69) is 81.8 Å². The van der Waals surface area contributed by atoms with Crippen LogP contribution < -0.4 is 4.90 Å². The highest BCUT2D eigenvalue weighted by Gasteiger charge is 2.43. The van der Waals surface area contributed by atoms with Crippen molar-refractivity contribution in [2.75, 3.05) is 11.9 Å². The first-order valence-corrected chi connectivity index (χ1v) is 11.0. The van der Waals surface area contributed by atoms with Crippen LogP contribution >= 0.6 is 0 Å². The molecule has 2 heterocycles. The number of hydrogen-bond donors (Lipinski definition) is 0. The van der Waals surface area contributed by atoms with Gasteiger partial charge in [0.05, 0.1) is 5.41 Å². The van der Waals surface area contributed by atoms with E-state index in [1.807, 2.05) is 41.3 Å². The van der Waals surface area contributed by atoms with E-state index >= 15 is 0 Å². The molecule has 2 nitrogen and oxygen atoms in total. The van der Waals surface area contributed by atoms with Gasteiger partial charge in [-0.25, -0.2) is 4.39 Å². The second-order valence-corrected chi connectivity index (χ2v) is 9.47. The number of para-hydroxylation sites is 2. The number of fused-ring (bicyclic) bond motifs is 2. The third-order valence-corrected chi connectivity index (χ3v) is 6.76. The van der Waals surface area contributed by atoms with Crippen molar-refractivity contribution in [3.05, 3.63) is 95.7 Å². The second kappa shape index (κ2) is 7.64. The maximum Gasteiger partial charge on any atom is 0.209 e. The summed E-state index contributed by atoms with van der Waals surface area (Å²) in [6.07, 6.45) is 9.27. The largest absolute Gasteiger partial charge is 0.314 e. The van der Waals surface area contributed by atoms with E-state index in [0.29, 0.717) is 0 Å². The van der Waals surface area contributed by atoms with Crippen LogP contribution in [0, 0.1) is 0 Å². The summed E-state index contributed by atoms with van der Waals surface area (Å²) in [4.78, 5) is 1.81. The lowest BCUT2D eigenvalue weighted by molar-refractivity contribution is -0.401. The Kier molecular flexibility index (Phi) is 5.25. The first-order valence-electron chi connectivity index (χ1n) is 11.0. The van der Waals surface area contributed by atoms with Crippen LogP contribution in [0.4, 0.5) is 15.8 Å². The molecule has 3 heteroatoms. The number of rotatable bonds is 4. The Morgan fingerprint density at radius 3 is 2.19 bits per heavy atom. The van der Waals surface area contributed by atoms with Crippen molar-refractivity contribution < 1.29 is 8.97 Å². The molecule has 0 spiro atoms. The van der Waals surface area contributed by atoms with Gasteiger partial charge in [-0.2, -0.15) is 4.58 Å². The third-order valence-electron chi connectivity index (χ3n) is 6.76. The average molecular weight is 416 g/mol. The van der Waals surface area contributed by atoms with Gasteiger partial charge < -0.3 is 4.90 Å². The molecule has 0 radical (unpaired) electrons. The van der Waals surface area contributed by atoms with Crippen molar-refractivity contribution in [1.29, 1.82) is 0 Å². The van der Waals surface area contributed by atoms with Crippen molar-refractivity contribution in [3.8, 4) is 0 Å². The van der Waals surface area contributed by atoms with Crippen molar-refractivity contribution in [2.45, 2.75) is 51.7 Å². The van der Waals surface area contributed by atoms with E-state index in [9.17, 15) is 4.39 Å². The van der Waals surface area contributed by atoms with Crippen LogP contribution in [0.1, 0.15) is 45.7 Å². The van der Waals surface area contributed by atoms with E-state index in [0.717, 1.165) is 16.9 Å². The lowest BCUT2D eigenvalue weighted by atomic mass is 9.81. The molecule has 2 aromatic carbocycles. The molecule has 2 aromatic rings. The first kappa shape index (κ1) is 21.3. The van der Waals surface area contributed by atoms with Crippen LogP contribution in [0.2, 0.25) is 0 Å². The lowest BCUT2D eigenvalue weighted by Crippen LogP contribution is -2.30. The van der Waals surface area contributed by atoms with Crippen LogP contribution in [-0.4, -0.2) is 23.6 Å². The number of hydrogen-bond acceptors (Lipinski definition) is 1. The summed E-state index contributed by atoms with van der Waals surface area (Å²) in [5.74, 6) is 0. The smallest absolute Gasteiger partial charge is 0.209 e. The fourth-order valence-corrected chi connectivity index (χ4v) is 5.11. The normalized spacial score (nSPS) is 21.4. The molecular weight excluding hydrogens is 383 g/mol. The third kappa shape index (κ3) is 3.37. The van der Waals surface area contributed by atoms with E-state index in [1.165, 1.54) is 17.0 Å². The Morgan fingerprint density at radius 2 is 1.52 bits per heavy atom. The van der Waals surface area contributed by atoms with E-state index < -0.39 is 6.30 Å². The summed E-state index contributed by atoms with van der Waals surface area (Å²) < 4.78 is 16.8. The van der Waals surface area contributed by atoms with Crippen molar-refractivity contribution in [3.63, 3.8) is 0 Å². The zero-order valence-corrected chi connectivity index (χ0v) is 19.4. The summed E-state index contributed by atoms with van der Waals surface area (Å²) in [5.41, 5.74) is 6.69. The van der Waals surface area contributed by atoms with Crippen LogP contribution in [0.15, 0.2) is 84.6 Å². The molecule has 0 saturated carbocycles. The maximum absolute atomic E-state index is 14.6. The monoisotopic (exact) mass is 415 g/mol. The molecule has 0 N–H and O–H groups in total. The van der Waals surface area contributed by atoms with Crippen LogP contribution in [0.25, 0.3) is 0 Å². The van der Waals surface area contributed by atoms with Gasteiger partial charge >= 0.3 is 0 Å². The summed E-state index contributed by atoms with van der Waals surface area (Å²) in [7, 11) is 2.12. The van der Waals surface area contributed by atoms with Crippen LogP contribution in [0.5, 0.6) is 0 Å². The number of halogens is 1. The van der Waals surface area contributed by atoms with Gasteiger partial charge in [0, 0.05) is 34.5 Å². The number of benzene rings is 2. The Balaban J connectivity index is 1.60. The van der Waals surface area contributed by atoms with E-state index in [1.54, 1.807) is 6.92 Å². The molecule has 160 valence electrons. The van der Waals surface area contributed by atoms with E-state index in [-0.39, 0.29) is 10.8 Å². The summed E-state index contributed by atoms with van der Waals surface area (Å²) >= 11 is 0. The van der Waals surface area contributed by atoms with Gasteiger partial charge in [-0.15, -0.1) is 0 Å². The van der Waals surface area contributed by atoms with Gasteiger partial charge in [-0.3, -0.25) is 0 Å². The zero-order chi connectivity index (χ0) is 22.4. The molecule has 31 heavy (non-hydrogen) atoms. The predicted molar refractivity (Wildman–Crippen MR) is 129 cm³/mol. The van der Waals surface area contributed by atoms with Gasteiger partial charge in [0.15, 0.2) is 12.0 Å². The van der Waals surface area contributed by atoms with Crippen molar-refractivity contribution in [1.82, 2.24) is 0 Å². The van der Waals surface area contributed by atoms with Gasteiger partial charge in [0.2, 0.25) is 5.69 Å². The quantitative estimate of drug-likeness (QED) is 0.302. The van der Waals surface area contributed by atoms with Gasteiger partial charge in [-0.05, 0) is 38.5 Å². The van der Waals surface area contributed by atoms with Crippen molar-refractivity contribution in [2.24, 2.45) is 0 Å². The highest BCUT2D eigenvalue weighted by Crippen LogP contribution is 2.48. The molecule has 0 aliphatic carbocycles. The minimum atomic E-state index is -1.08. The summed E-state index contributed by atoms with van der Waals surface area (Å²) in [6.45, 7) is 10.4. The molecule has 0 bridgehead atoms. The second-order valence-electron chi connectivity index (χ2n) is 9.47. The lowest BCUT2D eigenvalue weighted by Gasteiger charge is -2.27. The number of nitrogens with zero attached hydrogens (tertiary/aromatic N) is 2. The highest BCUT2D eigenvalue weighted by molar-refractivity contribution is 6.03. The Labute approximate surface area is 185 Å². The first-order chi connectivity index (χ1) is 14.7. The fourth-order valence-electron chi connectivity index (χ4n) is 5.11. The topological polar surface area (TPSA) is 6.25 Å². The molecule has 0 aromatic heterocycles. The minimum absolute atomic E-state index is 0.0380. The molecule has 0 fully saturated rings. The average Bonchev–Trinajstić information content (AvgIpc) is 3.08. The Hall–Kier alpha value is -2.94. The minimum Gasteiger partial charge on any atom is -0.314 e. The standard InChI is InChI=1S/C28H32FN2/c1-20(29)31-24-17-13-11-15-22(24)28(4,5)26(31)19-9-7-8-18-25-27(2,3)21-14-10-12-16-23(21)30(25)6/h7-20H,1-6H3/q+1. The Bertz CT molecular complexity index is 1130. The van der Waals surface area contributed by atoms with Gasteiger partial charge in [0.1, 0.15) is 7.05 Å². The Morgan fingerprint density at radius 1 is 0.871 bits per heavy atom. The fraction of sp³-hybridized carbons (Fsp3) is 0.321. The number of allylic oxidation sites excluding steroid dienone is 6. The van der Waals surface area contributed by atoms with Crippen LogP contribution in [-0.2, 0) is 10.8 Å². The molecule has 2 aliphatic rings. The predicted octanol–water partition coefficient (Wildman–Crippen LogP) is 6.80. The maximum atomic E-state index is 14.6. The molecule has 2 aliphatic heterocycles. The number of alkyl halides is 1. The zero-order valence-electron chi connectivity index (χ0n) is 19.4. The molecular formula is C28H32FN2+. The SMILES string of the molecule is CC(F)N1/C(=C/C=C/C=C/C2=[N+](C)c3ccccc3C2(C)C)C(C)(C)c2ccccc21. The van der Waals surface area contributed by atoms with Crippen molar-refractivity contribution >= 4 is 17.1 Å². The number of anilines is 1. The van der Waals surface area contributed by atoms with Gasteiger partial charge in [-0.1, -0.05) is 68.5 Å². The molecule has 0 saturated heterocycles. The highest BCUT2D eigenvalue weighted by atomic mass is 19.1. The summed E-state index contributed by atoms with van der Waals surface area (Å²) in [6, 6.07) is 16.7.